The normalized spacial score (nSPS) is 24.7. The van der Waals surface area contributed by atoms with Crippen LogP contribution in [0.5, 0.6) is 5.75 Å². The van der Waals surface area contributed by atoms with Gasteiger partial charge in [0.15, 0.2) is 5.67 Å². The first-order chi connectivity index (χ1) is 17.0. The van der Waals surface area contributed by atoms with Gasteiger partial charge in [-0.3, -0.25) is 19.3 Å². The van der Waals surface area contributed by atoms with Gasteiger partial charge < -0.3 is 9.47 Å². The molecule has 3 aliphatic heterocycles. The number of fused-ring (bicyclic) bond motifs is 3. The molecule has 2 aromatic carbocycles. The number of aromatic nitrogens is 2. The van der Waals surface area contributed by atoms with E-state index in [1.165, 1.54) is 11.1 Å². The number of alkyl halides is 2. The zero-order valence-corrected chi connectivity index (χ0v) is 20.1. The van der Waals surface area contributed by atoms with Gasteiger partial charge in [-0.25, -0.2) is 4.39 Å². The van der Waals surface area contributed by atoms with Gasteiger partial charge in [-0.2, -0.15) is 5.10 Å². The molecule has 8 heteroatoms. The minimum Gasteiger partial charge on any atom is -0.492 e. The van der Waals surface area contributed by atoms with Gasteiger partial charge in [0, 0.05) is 43.5 Å². The van der Waals surface area contributed by atoms with Crippen LogP contribution in [0.25, 0.3) is 10.9 Å². The van der Waals surface area contributed by atoms with Crippen molar-refractivity contribution < 1.29 is 18.3 Å². The molecule has 35 heavy (non-hydrogen) atoms. The van der Waals surface area contributed by atoms with Crippen molar-refractivity contribution in [3.05, 3.63) is 59.3 Å². The van der Waals surface area contributed by atoms with Crippen molar-refractivity contribution in [2.45, 2.75) is 31.1 Å². The van der Waals surface area contributed by atoms with Crippen LogP contribution in [0.1, 0.15) is 29.7 Å². The van der Waals surface area contributed by atoms with Crippen molar-refractivity contribution in [2.24, 2.45) is 5.92 Å². The van der Waals surface area contributed by atoms with Crippen LogP contribution in [0.3, 0.4) is 0 Å². The molecule has 0 radical (unpaired) electrons. The van der Waals surface area contributed by atoms with E-state index in [1.807, 2.05) is 18.3 Å². The minimum absolute atomic E-state index is 0.0611. The molecule has 2 fully saturated rings. The van der Waals surface area contributed by atoms with Crippen molar-refractivity contribution in [1.82, 2.24) is 20.0 Å². The van der Waals surface area contributed by atoms with Gasteiger partial charge in [0.1, 0.15) is 12.4 Å². The molecule has 6 nitrogen and oxygen atoms in total. The summed E-state index contributed by atoms with van der Waals surface area (Å²) in [6.45, 7) is 5.63. The molecule has 0 spiro atoms. The Morgan fingerprint density at radius 3 is 2.69 bits per heavy atom. The molecule has 1 aromatic heterocycles. The lowest BCUT2D eigenvalue weighted by atomic mass is 9.82. The molecule has 2 atom stereocenters. The number of aromatic amines is 1. The summed E-state index contributed by atoms with van der Waals surface area (Å²) in [7, 11) is 0. The Kier molecular flexibility index (Phi) is 5.98. The average Bonchev–Trinajstić information content (AvgIpc) is 3.30. The summed E-state index contributed by atoms with van der Waals surface area (Å²) in [4.78, 5) is 4.50. The first-order valence-electron chi connectivity index (χ1n) is 12.5. The molecule has 2 saturated heterocycles. The standard InChI is InChI=1S/C27H32F2N4O2/c1-18-10-23-22(6-7-25-24(23)12-30-31-25)26(33(18)15-27(29)16-34-17-27)20-2-4-21(5-3-20)35-9-8-32-13-19(11-28)14-32/h2-7,12,18-19,26H,8-11,13-17H2,1H3,(H,30,31)/t18-,26-/m1/s1. The maximum absolute atomic E-state index is 15.3. The highest BCUT2D eigenvalue weighted by Crippen LogP contribution is 2.42. The predicted octanol–water partition coefficient (Wildman–Crippen LogP) is 3.92. The molecule has 186 valence electrons. The average molecular weight is 483 g/mol. The SMILES string of the molecule is C[C@@H]1Cc2c(ccc3[nH]ncc23)[C@@H](c2ccc(OCCN3CC(CF)C3)cc2)N1CC1(F)COC1. The maximum Gasteiger partial charge on any atom is 0.169 e. The fraction of sp³-hybridized carbons (Fsp3) is 0.519. The smallest absolute Gasteiger partial charge is 0.169 e. The summed E-state index contributed by atoms with van der Waals surface area (Å²) < 4.78 is 39.0. The van der Waals surface area contributed by atoms with Gasteiger partial charge >= 0.3 is 0 Å². The Bertz CT molecular complexity index is 1170. The summed E-state index contributed by atoms with van der Waals surface area (Å²) >= 11 is 0. The molecule has 1 N–H and O–H groups in total. The maximum atomic E-state index is 15.3. The van der Waals surface area contributed by atoms with Crippen molar-refractivity contribution in [3.8, 4) is 5.75 Å². The van der Waals surface area contributed by atoms with Gasteiger partial charge in [-0.05, 0) is 48.2 Å². The number of ether oxygens (including phenoxy) is 2. The van der Waals surface area contributed by atoms with E-state index in [2.05, 4.69) is 51.2 Å². The minimum atomic E-state index is -1.30. The summed E-state index contributed by atoms with van der Waals surface area (Å²) in [5, 5.41) is 8.47. The van der Waals surface area contributed by atoms with Crippen LogP contribution in [0.15, 0.2) is 42.6 Å². The second kappa shape index (κ2) is 9.15. The molecule has 0 saturated carbocycles. The van der Waals surface area contributed by atoms with E-state index in [9.17, 15) is 4.39 Å². The fourth-order valence-electron chi connectivity index (χ4n) is 5.78. The van der Waals surface area contributed by atoms with Crippen LogP contribution in [-0.4, -0.2) is 84.4 Å². The largest absolute Gasteiger partial charge is 0.492 e. The lowest BCUT2D eigenvalue weighted by Gasteiger charge is -2.47. The highest BCUT2D eigenvalue weighted by molar-refractivity contribution is 5.83. The summed E-state index contributed by atoms with van der Waals surface area (Å²) in [5.41, 5.74) is 3.33. The van der Waals surface area contributed by atoms with Gasteiger partial charge in [0.25, 0.3) is 0 Å². The zero-order chi connectivity index (χ0) is 24.0. The third kappa shape index (κ3) is 4.32. The third-order valence-electron chi connectivity index (χ3n) is 7.77. The van der Waals surface area contributed by atoms with Gasteiger partial charge in [-0.15, -0.1) is 0 Å². The molecule has 3 aromatic rings. The van der Waals surface area contributed by atoms with Crippen LogP contribution in [0.2, 0.25) is 0 Å². The number of nitrogens with zero attached hydrogens (tertiary/aromatic N) is 3. The molecule has 4 heterocycles. The quantitative estimate of drug-likeness (QED) is 0.528. The molecular formula is C27H32F2N4O2. The Morgan fingerprint density at radius 1 is 1.17 bits per heavy atom. The Morgan fingerprint density at radius 2 is 1.97 bits per heavy atom. The molecule has 0 aliphatic carbocycles. The first kappa shape index (κ1) is 22.9. The summed E-state index contributed by atoms with van der Waals surface area (Å²) in [6.07, 6.45) is 2.75. The monoisotopic (exact) mass is 482 g/mol. The van der Waals surface area contributed by atoms with E-state index >= 15 is 4.39 Å². The second-order valence-corrected chi connectivity index (χ2v) is 10.4. The number of benzene rings is 2. The molecule has 0 bridgehead atoms. The van der Waals surface area contributed by atoms with Crippen LogP contribution < -0.4 is 4.74 Å². The van der Waals surface area contributed by atoms with E-state index in [0.717, 1.165) is 48.3 Å². The number of H-pyrrole nitrogens is 1. The number of halogens is 2. The van der Waals surface area contributed by atoms with Gasteiger partial charge in [0.05, 0.1) is 37.6 Å². The van der Waals surface area contributed by atoms with Crippen molar-refractivity contribution in [2.75, 3.05) is 52.7 Å². The van der Waals surface area contributed by atoms with Crippen LogP contribution in [0, 0.1) is 5.92 Å². The van der Waals surface area contributed by atoms with Crippen molar-refractivity contribution >= 4 is 10.9 Å². The fourth-order valence-corrected chi connectivity index (χ4v) is 5.78. The third-order valence-corrected chi connectivity index (χ3v) is 7.77. The zero-order valence-electron chi connectivity index (χ0n) is 20.1. The molecule has 0 amide bonds. The lowest BCUT2D eigenvalue weighted by molar-refractivity contribution is -0.147. The van der Waals surface area contributed by atoms with E-state index in [1.54, 1.807) is 0 Å². The summed E-state index contributed by atoms with van der Waals surface area (Å²) in [5.74, 6) is 1.00. The van der Waals surface area contributed by atoms with Crippen LogP contribution in [0.4, 0.5) is 8.78 Å². The summed E-state index contributed by atoms with van der Waals surface area (Å²) in [6, 6.07) is 12.5. The van der Waals surface area contributed by atoms with E-state index in [0.29, 0.717) is 13.2 Å². The number of hydrogen-bond donors (Lipinski definition) is 1. The topological polar surface area (TPSA) is 53.6 Å². The Labute approximate surface area is 204 Å². The van der Waals surface area contributed by atoms with Gasteiger partial charge in [0.2, 0.25) is 0 Å². The molecule has 3 aliphatic rings. The Hall–Kier alpha value is -2.55. The number of nitrogens with one attached hydrogen (secondary N) is 1. The van der Waals surface area contributed by atoms with Crippen LogP contribution in [-0.2, 0) is 11.2 Å². The van der Waals surface area contributed by atoms with Crippen LogP contribution >= 0.6 is 0 Å². The molecule has 0 unspecified atom stereocenters. The Balaban J connectivity index is 1.24. The second-order valence-electron chi connectivity index (χ2n) is 10.4. The lowest BCUT2D eigenvalue weighted by Crippen LogP contribution is -2.57. The molecular weight excluding hydrogens is 450 g/mol. The van der Waals surface area contributed by atoms with Gasteiger partial charge in [-0.1, -0.05) is 18.2 Å². The predicted molar refractivity (Wildman–Crippen MR) is 130 cm³/mol. The number of likely N-dealkylation sites (tertiary alicyclic amines) is 1. The van der Waals surface area contributed by atoms with Crippen molar-refractivity contribution in [1.29, 1.82) is 0 Å². The highest BCUT2D eigenvalue weighted by atomic mass is 19.1. The highest BCUT2D eigenvalue weighted by Gasteiger charge is 2.45. The van der Waals surface area contributed by atoms with E-state index < -0.39 is 5.67 Å². The number of rotatable bonds is 8. The molecule has 6 rings (SSSR count). The van der Waals surface area contributed by atoms with E-state index in [4.69, 9.17) is 9.47 Å². The number of hydrogen-bond acceptors (Lipinski definition) is 5. The van der Waals surface area contributed by atoms with E-state index in [-0.39, 0.29) is 37.9 Å². The van der Waals surface area contributed by atoms with Crippen molar-refractivity contribution in [3.63, 3.8) is 0 Å². The first-order valence-corrected chi connectivity index (χ1v) is 12.5.